The molecule has 1 aromatic carbocycles. The predicted molar refractivity (Wildman–Crippen MR) is 74.1 cm³/mol. The van der Waals surface area contributed by atoms with E-state index < -0.39 is 10.0 Å². The number of benzene rings is 1. The summed E-state index contributed by atoms with van der Waals surface area (Å²) < 4.78 is 31.1. The van der Waals surface area contributed by atoms with Crippen LogP contribution in [0.4, 0.5) is 5.82 Å². The molecule has 102 valence electrons. The maximum absolute atomic E-state index is 12.0. The third kappa shape index (κ3) is 2.33. The first-order valence-electron chi connectivity index (χ1n) is 5.52. The Labute approximate surface area is 119 Å². The van der Waals surface area contributed by atoms with E-state index in [0.717, 1.165) is 6.26 Å². The molecule has 20 heavy (non-hydrogen) atoms. The summed E-state index contributed by atoms with van der Waals surface area (Å²) in [7, 11) is -3.73. The maximum atomic E-state index is 12.0. The molecule has 1 N–H and O–H groups in total. The molecule has 3 rings (SSSR count). The molecular formula is C12H8ClN3O3S. The molecule has 0 saturated heterocycles. The van der Waals surface area contributed by atoms with E-state index in [9.17, 15) is 8.42 Å². The molecule has 0 atom stereocenters. The molecule has 8 heteroatoms. The third-order valence-electron chi connectivity index (χ3n) is 2.57. The molecular weight excluding hydrogens is 302 g/mol. The second kappa shape index (κ2) is 4.77. The van der Waals surface area contributed by atoms with E-state index in [0.29, 0.717) is 16.1 Å². The van der Waals surface area contributed by atoms with Crippen LogP contribution >= 0.6 is 11.6 Å². The molecule has 0 bridgehead atoms. The fourth-order valence-electron chi connectivity index (χ4n) is 1.66. The number of furan rings is 1. The highest BCUT2D eigenvalue weighted by atomic mass is 35.5. The second-order valence-corrected chi connectivity index (χ2v) is 6.02. The Morgan fingerprint density at radius 1 is 1.25 bits per heavy atom. The number of nitrogens with one attached hydrogen (secondary N) is 1. The zero-order valence-corrected chi connectivity index (χ0v) is 11.5. The molecule has 6 nitrogen and oxygen atoms in total. The minimum absolute atomic E-state index is 0.0190. The van der Waals surface area contributed by atoms with Gasteiger partial charge in [-0.25, -0.2) is 18.4 Å². The molecule has 0 saturated carbocycles. The van der Waals surface area contributed by atoms with Crippen LogP contribution in [0.15, 0.2) is 52.3 Å². The Balaban J connectivity index is 2.00. The first-order chi connectivity index (χ1) is 9.56. The lowest BCUT2D eigenvalue weighted by Gasteiger charge is -2.06. The number of hydrogen-bond donors (Lipinski definition) is 1. The Hall–Kier alpha value is -2.12. The number of aromatic nitrogens is 2. The fourth-order valence-corrected chi connectivity index (χ4v) is 2.78. The minimum Gasteiger partial charge on any atom is -0.471 e. The van der Waals surface area contributed by atoms with Crippen LogP contribution < -0.4 is 4.72 Å². The van der Waals surface area contributed by atoms with Crippen molar-refractivity contribution in [2.75, 3.05) is 4.72 Å². The highest BCUT2D eigenvalue weighted by Gasteiger charge is 2.16. The van der Waals surface area contributed by atoms with E-state index in [1.165, 1.54) is 18.5 Å². The zero-order chi connectivity index (χ0) is 14.2. The van der Waals surface area contributed by atoms with Gasteiger partial charge in [-0.15, -0.1) is 0 Å². The minimum atomic E-state index is -3.73. The number of fused-ring (bicyclic) bond motifs is 1. The van der Waals surface area contributed by atoms with Gasteiger partial charge in [0.05, 0.1) is 23.0 Å². The van der Waals surface area contributed by atoms with Crippen molar-refractivity contribution in [1.82, 2.24) is 9.97 Å². The normalized spacial score (nSPS) is 11.7. The zero-order valence-electron chi connectivity index (χ0n) is 9.95. The summed E-state index contributed by atoms with van der Waals surface area (Å²) in [6.45, 7) is 0. The smallest absolute Gasteiger partial charge is 0.266 e. The summed E-state index contributed by atoms with van der Waals surface area (Å²) in [6.07, 6.45) is 3.72. The molecule has 3 aromatic rings. The molecule has 0 fully saturated rings. The van der Waals surface area contributed by atoms with Gasteiger partial charge < -0.3 is 4.42 Å². The average molecular weight is 310 g/mol. The van der Waals surface area contributed by atoms with Crippen LogP contribution in [0, 0.1) is 0 Å². The third-order valence-corrected chi connectivity index (χ3v) is 4.20. The summed E-state index contributed by atoms with van der Waals surface area (Å²) in [5.41, 5.74) is 1.02. The van der Waals surface area contributed by atoms with Crippen LogP contribution in [0.5, 0.6) is 0 Å². The molecule has 2 aromatic heterocycles. The van der Waals surface area contributed by atoms with E-state index in [4.69, 9.17) is 16.0 Å². The summed E-state index contributed by atoms with van der Waals surface area (Å²) >= 11 is 5.97. The molecule has 0 aliphatic heterocycles. The Morgan fingerprint density at radius 3 is 2.85 bits per heavy atom. The maximum Gasteiger partial charge on any atom is 0.266 e. The van der Waals surface area contributed by atoms with Crippen LogP contribution in [-0.2, 0) is 10.0 Å². The number of nitrogens with zero attached hydrogens (tertiary/aromatic N) is 2. The Morgan fingerprint density at radius 2 is 2.10 bits per heavy atom. The van der Waals surface area contributed by atoms with Gasteiger partial charge in [0.2, 0.25) is 0 Å². The lowest BCUT2D eigenvalue weighted by molar-refractivity contribution is 0.557. The lowest BCUT2D eigenvalue weighted by atomic mass is 10.3. The van der Waals surface area contributed by atoms with Crippen molar-refractivity contribution in [3.8, 4) is 0 Å². The van der Waals surface area contributed by atoms with Gasteiger partial charge in [0.1, 0.15) is 16.7 Å². The monoisotopic (exact) mass is 309 g/mol. The number of anilines is 1. The van der Waals surface area contributed by atoms with Crippen molar-refractivity contribution in [3.05, 3.63) is 48.0 Å². The predicted octanol–water partition coefficient (Wildman–Crippen LogP) is 2.68. The molecule has 0 aliphatic rings. The van der Waals surface area contributed by atoms with Crippen LogP contribution in [-0.4, -0.2) is 18.4 Å². The average Bonchev–Trinajstić information content (AvgIpc) is 2.93. The first-order valence-corrected chi connectivity index (χ1v) is 7.39. The summed E-state index contributed by atoms with van der Waals surface area (Å²) in [5.74, 6) is 0.112. The summed E-state index contributed by atoms with van der Waals surface area (Å²) in [4.78, 5) is 8.28. The van der Waals surface area contributed by atoms with Crippen molar-refractivity contribution in [1.29, 1.82) is 0 Å². The van der Waals surface area contributed by atoms with E-state index >= 15 is 0 Å². The van der Waals surface area contributed by atoms with Crippen molar-refractivity contribution in [2.45, 2.75) is 4.90 Å². The first kappa shape index (κ1) is 12.9. The van der Waals surface area contributed by atoms with Gasteiger partial charge in [-0.2, -0.15) is 0 Å². The standard InChI is InChI=1S/C12H8ClN3O3S/c13-9-2-1-3-10-12(9)14-6-11(15-10)16-20(17,18)8-4-5-19-7-8/h1-7H,(H,15,16). The van der Waals surface area contributed by atoms with Gasteiger partial charge in [0, 0.05) is 0 Å². The molecule has 0 spiro atoms. The van der Waals surface area contributed by atoms with Gasteiger partial charge in [-0.1, -0.05) is 17.7 Å². The Bertz CT molecular complexity index is 863. The highest BCUT2D eigenvalue weighted by Crippen LogP contribution is 2.21. The molecule has 0 aliphatic carbocycles. The summed E-state index contributed by atoms with van der Waals surface area (Å²) in [5, 5.41) is 0.458. The van der Waals surface area contributed by atoms with Gasteiger partial charge in [-0.05, 0) is 18.2 Å². The molecule has 0 unspecified atom stereocenters. The SMILES string of the molecule is O=S(=O)(Nc1cnc2c(Cl)cccc2n1)c1ccoc1. The van der Waals surface area contributed by atoms with Gasteiger partial charge in [0.25, 0.3) is 10.0 Å². The quantitative estimate of drug-likeness (QED) is 0.804. The van der Waals surface area contributed by atoms with E-state index in [1.54, 1.807) is 18.2 Å². The van der Waals surface area contributed by atoms with Gasteiger partial charge >= 0.3 is 0 Å². The summed E-state index contributed by atoms with van der Waals surface area (Å²) in [6, 6.07) is 6.44. The fraction of sp³-hybridized carbons (Fsp3) is 0. The van der Waals surface area contributed by atoms with Crippen LogP contribution in [0.25, 0.3) is 11.0 Å². The number of hydrogen-bond acceptors (Lipinski definition) is 5. The van der Waals surface area contributed by atoms with E-state index in [2.05, 4.69) is 14.7 Å². The van der Waals surface area contributed by atoms with Gasteiger partial charge in [-0.3, -0.25) is 4.72 Å². The largest absolute Gasteiger partial charge is 0.471 e. The van der Waals surface area contributed by atoms with E-state index in [-0.39, 0.29) is 10.7 Å². The van der Waals surface area contributed by atoms with Crippen molar-refractivity contribution in [2.24, 2.45) is 0 Å². The number of rotatable bonds is 3. The second-order valence-electron chi connectivity index (χ2n) is 3.93. The van der Waals surface area contributed by atoms with Crippen LogP contribution in [0.3, 0.4) is 0 Å². The number of para-hydroxylation sites is 1. The Kier molecular flexibility index (Phi) is 3.07. The number of sulfonamides is 1. The highest BCUT2D eigenvalue weighted by molar-refractivity contribution is 7.92. The molecule has 0 radical (unpaired) electrons. The van der Waals surface area contributed by atoms with Crippen molar-refractivity contribution in [3.63, 3.8) is 0 Å². The number of halogens is 1. The van der Waals surface area contributed by atoms with Crippen LogP contribution in [0.1, 0.15) is 0 Å². The van der Waals surface area contributed by atoms with Crippen LogP contribution in [0.2, 0.25) is 5.02 Å². The molecule has 2 heterocycles. The van der Waals surface area contributed by atoms with Crippen molar-refractivity contribution >= 4 is 38.5 Å². The lowest BCUT2D eigenvalue weighted by Crippen LogP contribution is -2.13. The van der Waals surface area contributed by atoms with Crippen molar-refractivity contribution < 1.29 is 12.8 Å². The topological polar surface area (TPSA) is 85.1 Å². The van der Waals surface area contributed by atoms with E-state index in [1.807, 2.05) is 0 Å². The van der Waals surface area contributed by atoms with Gasteiger partial charge in [0.15, 0.2) is 5.82 Å². The molecule has 0 amide bonds.